The summed E-state index contributed by atoms with van der Waals surface area (Å²) < 4.78 is 10.7. The number of methoxy groups -OCH3 is 2. The number of benzene rings is 1. The van der Waals surface area contributed by atoms with Gasteiger partial charge < -0.3 is 25.4 Å². The number of amides is 3. The van der Waals surface area contributed by atoms with Gasteiger partial charge in [0.05, 0.1) is 32.7 Å². The van der Waals surface area contributed by atoms with E-state index in [1.165, 1.54) is 7.11 Å². The van der Waals surface area contributed by atoms with E-state index in [0.29, 0.717) is 24.5 Å². The number of ether oxygens (including phenoxy) is 2. The molecule has 0 aromatic heterocycles. The Balaban J connectivity index is 2.43. The van der Waals surface area contributed by atoms with Gasteiger partial charge >= 0.3 is 0 Å². The fourth-order valence-corrected chi connectivity index (χ4v) is 3.35. The van der Waals surface area contributed by atoms with Gasteiger partial charge in [0, 0.05) is 24.6 Å². The zero-order chi connectivity index (χ0) is 19.3. The molecule has 3 N–H and O–H groups in total. The van der Waals surface area contributed by atoms with Crippen LogP contribution in [0.1, 0.15) is 31.4 Å². The first-order valence-corrected chi connectivity index (χ1v) is 8.50. The topological polar surface area (TPSA) is 111 Å². The average Bonchev–Trinajstić information content (AvgIpc) is 2.65. The van der Waals surface area contributed by atoms with E-state index in [1.807, 2.05) is 6.92 Å². The molecule has 2 rings (SSSR count). The van der Waals surface area contributed by atoms with Crippen LogP contribution in [0.25, 0.3) is 0 Å². The van der Waals surface area contributed by atoms with Crippen molar-refractivity contribution in [3.63, 3.8) is 0 Å². The normalized spacial score (nSPS) is 19.8. The molecule has 0 saturated carbocycles. The number of primary amides is 1. The van der Waals surface area contributed by atoms with Gasteiger partial charge in [0.1, 0.15) is 11.5 Å². The van der Waals surface area contributed by atoms with Gasteiger partial charge in [-0.3, -0.25) is 14.4 Å². The molecule has 0 bridgehead atoms. The second-order valence-electron chi connectivity index (χ2n) is 6.06. The molecule has 0 unspecified atom stereocenters. The van der Waals surface area contributed by atoms with E-state index in [1.54, 1.807) is 30.2 Å². The van der Waals surface area contributed by atoms with Crippen molar-refractivity contribution >= 4 is 17.7 Å². The summed E-state index contributed by atoms with van der Waals surface area (Å²) in [6, 6.07) is 4.80. The molecule has 1 aliphatic rings. The van der Waals surface area contributed by atoms with Gasteiger partial charge in [0.2, 0.25) is 17.7 Å². The Bertz CT molecular complexity index is 691. The average molecular weight is 363 g/mol. The molecule has 3 amide bonds. The van der Waals surface area contributed by atoms with Gasteiger partial charge in [-0.05, 0) is 25.5 Å². The van der Waals surface area contributed by atoms with Crippen LogP contribution < -0.4 is 20.5 Å². The molecule has 1 saturated heterocycles. The van der Waals surface area contributed by atoms with Crippen molar-refractivity contribution in [3.05, 3.63) is 23.8 Å². The predicted octanol–water partition coefficient (Wildman–Crippen LogP) is 0.605. The molecule has 1 fully saturated rings. The molecule has 0 aliphatic carbocycles. The minimum Gasteiger partial charge on any atom is -0.497 e. The van der Waals surface area contributed by atoms with Gasteiger partial charge in [-0.15, -0.1) is 0 Å². The van der Waals surface area contributed by atoms with Crippen LogP contribution in [0.5, 0.6) is 11.5 Å². The number of rotatable bonds is 7. The summed E-state index contributed by atoms with van der Waals surface area (Å²) in [5.41, 5.74) is 5.84. The Hall–Kier alpha value is -2.77. The van der Waals surface area contributed by atoms with Crippen LogP contribution in [-0.4, -0.2) is 49.9 Å². The quantitative estimate of drug-likeness (QED) is 0.737. The first-order valence-electron chi connectivity index (χ1n) is 8.50. The lowest BCUT2D eigenvalue weighted by molar-refractivity contribution is -0.143. The van der Waals surface area contributed by atoms with Crippen LogP contribution in [0.3, 0.4) is 0 Å². The second kappa shape index (κ2) is 8.55. The third kappa shape index (κ3) is 4.07. The zero-order valence-electron chi connectivity index (χ0n) is 15.3. The van der Waals surface area contributed by atoms with Gasteiger partial charge in [0.15, 0.2) is 0 Å². The number of likely N-dealkylation sites (tertiary alicyclic amines) is 1. The minimum atomic E-state index is -0.615. The number of hydrogen-bond acceptors (Lipinski definition) is 5. The van der Waals surface area contributed by atoms with Crippen LogP contribution in [-0.2, 0) is 14.4 Å². The van der Waals surface area contributed by atoms with E-state index in [2.05, 4.69) is 5.32 Å². The van der Waals surface area contributed by atoms with E-state index in [-0.39, 0.29) is 24.8 Å². The molecule has 26 heavy (non-hydrogen) atoms. The van der Waals surface area contributed by atoms with Crippen LogP contribution in [0, 0.1) is 5.92 Å². The van der Waals surface area contributed by atoms with Crippen molar-refractivity contribution in [1.82, 2.24) is 10.2 Å². The van der Waals surface area contributed by atoms with Crippen LogP contribution >= 0.6 is 0 Å². The van der Waals surface area contributed by atoms with Gasteiger partial charge in [-0.2, -0.15) is 0 Å². The highest BCUT2D eigenvalue weighted by molar-refractivity contribution is 5.88. The zero-order valence-corrected chi connectivity index (χ0v) is 15.3. The van der Waals surface area contributed by atoms with E-state index in [4.69, 9.17) is 15.2 Å². The molecule has 8 heteroatoms. The Morgan fingerprint density at radius 3 is 2.62 bits per heavy atom. The molecule has 0 radical (unpaired) electrons. The Morgan fingerprint density at radius 1 is 1.31 bits per heavy atom. The highest BCUT2D eigenvalue weighted by atomic mass is 16.5. The molecular formula is C18H25N3O5. The number of nitrogens with zero attached hydrogens (tertiary/aromatic N) is 1. The maximum absolute atomic E-state index is 12.7. The lowest BCUT2D eigenvalue weighted by atomic mass is 9.83. The molecule has 1 aliphatic heterocycles. The Kier molecular flexibility index (Phi) is 6.43. The van der Waals surface area contributed by atoms with E-state index in [0.717, 1.165) is 5.56 Å². The molecule has 0 spiro atoms. The number of hydrogen-bond donors (Lipinski definition) is 2. The predicted molar refractivity (Wildman–Crippen MR) is 94.6 cm³/mol. The second-order valence-corrected chi connectivity index (χ2v) is 6.06. The maximum atomic E-state index is 12.7. The number of piperidine rings is 1. The van der Waals surface area contributed by atoms with Crippen molar-refractivity contribution in [2.45, 2.75) is 25.8 Å². The SMILES string of the molecule is CCN1C(=O)CC[C@@H](C(=O)NCC(N)=O)[C@@H]1c1ccc(OC)cc1OC. The smallest absolute Gasteiger partial charge is 0.236 e. The fourth-order valence-electron chi connectivity index (χ4n) is 3.35. The summed E-state index contributed by atoms with van der Waals surface area (Å²) in [5.74, 6) is -0.293. The molecule has 1 aromatic carbocycles. The number of nitrogens with two attached hydrogens (primary N) is 1. The molecule has 1 heterocycles. The summed E-state index contributed by atoms with van der Waals surface area (Å²) >= 11 is 0. The van der Waals surface area contributed by atoms with Crippen LogP contribution in [0.15, 0.2) is 18.2 Å². The lowest BCUT2D eigenvalue weighted by Crippen LogP contribution is -2.49. The highest BCUT2D eigenvalue weighted by Gasteiger charge is 2.41. The van der Waals surface area contributed by atoms with Gasteiger partial charge in [-0.1, -0.05) is 0 Å². The third-order valence-electron chi connectivity index (χ3n) is 4.58. The highest BCUT2D eigenvalue weighted by Crippen LogP contribution is 2.41. The molecule has 142 valence electrons. The third-order valence-corrected chi connectivity index (χ3v) is 4.58. The summed E-state index contributed by atoms with van der Waals surface area (Å²) in [7, 11) is 3.08. The van der Waals surface area contributed by atoms with E-state index in [9.17, 15) is 14.4 Å². The minimum absolute atomic E-state index is 0.0191. The summed E-state index contributed by atoms with van der Waals surface area (Å²) in [6.07, 6.45) is 0.664. The summed E-state index contributed by atoms with van der Waals surface area (Å²) in [6.45, 7) is 2.09. The van der Waals surface area contributed by atoms with Crippen molar-refractivity contribution in [1.29, 1.82) is 0 Å². The summed E-state index contributed by atoms with van der Waals surface area (Å²) in [4.78, 5) is 37.7. The number of carbonyl (C=O) groups is 3. The monoisotopic (exact) mass is 363 g/mol. The van der Waals surface area contributed by atoms with Crippen LogP contribution in [0.2, 0.25) is 0 Å². The van der Waals surface area contributed by atoms with Gasteiger partial charge in [0.25, 0.3) is 0 Å². The first-order chi connectivity index (χ1) is 12.4. The van der Waals surface area contributed by atoms with Crippen LogP contribution in [0.4, 0.5) is 0 Å². The summed E-state index contributed by atoms with van der Waals surface area (Å²) in [5, 5.41) is 2.55. The van der Waals surface area contributed by atoms with Crippen molar-refractivity contribution < 1.29 is 23.9 Å². The number of nitrogens with one attached hydrogen (secondary N) is 1. The van der Waals surface area contributed by atoms with Crippen molar-refractivity contribution in [2.24, 2.45) is 11.7 Å². The fraction of sp³-hybridized carbons (Fsp3) is 0.500. The number of carbonyl (C=O) groups excluding carboxylic acids is 3. The first kappa shape index (κ1) is 19.6. The lowest BCUT2D eigenvalue weighted by Gasteiger charge is -2.40. The molecule has 1 aromatic rings. The van der Waals surface area contributed by atoms with Gasteiger partial charge in [-0.25, -0.2) is 0 Å². The Labute approximate surface area is 152 Å². The Morgan fingerprint density at radius 2 is 2.04 bits per heavy atom. The molecule has 8 nitrogen and oxygen atoms in total. The van der Waals surface area contributed by atoms with E-state index >= 15 is 0 Å². The standard InChI is InChI=1S/C18H25N3O5/c1-4-21-16(23)8-7-13(18(24)20-10-15(19)22)17(21)12-6-5-11(25-2)9-14(12)26-3/h5-6,9,13,17H,4,7-8,10H2,1-3H3,(H2,19,22)(H,20,24)/t13-,17+/m1/s1. The molecular weight excluding hydrogens is 338 g/mol. The van der Waals surface area contributed by atoms with E-state index < -0.39 is 17.9 Å². The molecule has 2 atom stereocenters. The van der Waals surface area contributed by atoms with Crippen molar-refractivity contribution in [3.8, 4) is 11.5 Å². The maximum Gasteiger partial charge on any atom is 0.236 e. The largest absolute Gasteiger partial charge is 0.497 e. The van der Waals surface area contributed by atoms with Crippen molar-refractivity contribution in [2.75, 3.05) is 27.3 Å².